The quantitative estimate of drug-likeness (QED) is 0.717. The average Bonchev–Trinajstić information content (AvgIpc) is 2.85. The van der Waals surface area contributed by atoms with Crippen molar-refractivity contribution in [1.29, 1.82) is 0 Å². The minimum atomic E-state index is -0.516. The first kappa shape index (κ1) is 11.2. The molecule has 1 aliphatic rings. The zero-order chi connectivity index (χ0) is 12.0. The van der Waals surface area contributed by atoms with Crippen LogP contribution < -0.4 is 0 Å². The van der Waals surface area contributed by atoms with Gasteiger partial charge in [-0.15, -0.1) is 0 Å². The third-order valence-electron chi connectivity index (χ3n) is 3.18. The average molecular weight is 222 g/mol. The Morgan fingerprint density at radius 2 is 2.12 bits per heavy atom. The van der Waals surface area contributed by atoms with E-state index < -0.39 is 5.54 Å². The summed E-state index contributed by atoms with van der Waals surface area (Å²) in [7, 11) is 1.43. The number of carbonyl (C=O) groups is 1. The van der Waals surface area contributed by atoms with E-state index in [4.69, 9.17) is 4.74 Å². The van der Waals surface area contributed by atoms with Gasteiger partial charge in [0.05, 0.1) is 13.3 Å². The molecule has 1 aliphatic carbocycles. The van der Waals surface area contributed by atoms with Crippen molar-refractivity contribution in [1.82, 2.24) is 9.78 Å². The molecule has 1 aromatic heterocycles. The number of hydrogen-bond donors (Lipinski definition) is 0. The van der Waals surface area contributed by atoms with Crippen molar-refractivity contribution >= 4 is 5.97 Å². The van der Waals surface area contributed by atoms with Gasteiger partial charge in [-0.05, 0) is 23.8 Å². The third-order valence-corrected chi connectivity index (χ3v) is 3.18. The van der Waals surface area contributed by atoms with Gasteiger partial charge < -0.3 is 4.74 Å². The topological polar surface area (TPSA) is 44.1 Å². The number of methoxy groups -OCH3 is 1. The molecule has 4 heteroatoms. The molecule has 4 nitrogen and oxygen atoms in total. The number of aromatic nitrogens is 2. The van der Waals surface area contributed by atoms with Crippen molar-refractivity contribution in [2.24, 2.45) is 0 Å². The fraction of sp³-hybridized carbons (Fsp3) is 0.667. The molecule has 1 fully saturated rings. The second kappa shape index (κ2) is 3.34. The molecule has 0 bridgehead atoms. The van der Waals surface area contributed by atoms with Crippen molar-refractivity contribution < 1.29 is 9.53 Å². The van der Waals surface area contributed by atoms with Gasteiger partial charge in [0.2, 0.25) is 0 Å². The molecule has 1 aromatic rings. The van der Waals surface area contributed by atoms with Crippen LogP contribution in [0.2, 0.25) is 0 Å². The highest BCUT2D eigenvalue weighted by atomic mass is 16.5. The Bertz CT molecular complexity index is 411. The SMILES string of the molecule is COC(=O)C1(n2cc(C(C)(C)C)cn2)CC1. The summed E-state index contributed by atoms with van der Waals surface area (Å²) in [6, 6.07) is 0. The van der Waals surface area contributed by atoms with E-state index >= 15 is 0 Å². The molecule has 2 rings (SSSR count). The zero-order valence-corrected chi connectivity index (χ0v) is 10.3. The van der Waals surface area contributed by atoms with Gasteiger partial charge in [0.1, 0.15) is 0 Å². The summed E-state index contributed by atoms with van der Waals surface area (Å²) in [6.45, 7) is 6.39. The van der Waals surface area contributed by atoms with Crippen LogP contribution in [0.5, 0.6) is 0 Å². The van der Waals surface area contributed by atoms with E-state index in [1.807, 2.05) is 12.4 Å². The van der Waals surface area contributed by atoms with Crippen molar-refractivity contribution in [3.8, 4) is 0 Å². The number of carbonyl (C=O) groups excluding carboxylic acids is 1. The molecule has 0 aliphatic heterocycles. The summed E-state index contributed by atoms with van der Waals surface area (Å²) in [5.41, 5.74) is 0.686. The molecule has 1 saturated carbocycles. The van der Waals surface area contributed by atoms with E-state index in [0.29, 0.717) is 0 Å². The lowest BCUT2D eigenvalue weighted by molar-refractivity contribution is -0.146. The Kier molecular flexibility index (Phi) is 2.33. The van der Waals surface area contributed by atoms with Crippen molar-refractivity contribution in [3.05, 3.63) is 18.0 Å². The summed E-state index contributed by atoms with van der Waals surface area (Å²) >= 11 is 0. The molecular formula is C12H18N2O2. The van der Waals surface area contributed by atoms with E-state index in [1.165, 1.54) is 7.11 Å². The number of ether oxygens (including phenoxy) is 1. The standard InChI is InChI=1S/C12H18N2O2/c1-11(2,3)9-7-13-14(8-9)12(5-6-12)10(15)16-4/h7-8H,5-6H2,1-4H3. The third kappa shape index (κ3) is 1.62. The summed E-state index contributed by atoms with van der Waals surface area (Å²) in [4.78, 5) is 11.7. The molecule has 1 heterocycles. The van der Waals surface area contributed by atoms with Gasteiger partial charge >= 0.3 is 5.97 Å². The molecule has 88 valence electrons. The smallest absolute Gasteiger partial charge is 0.333 e. The van der Waals surface area contributed by atoms with Gasteiger partial charge in [0.25, 0.3) is 0 Å². The number of esters is 1. The summed E-state index contributed by atoms with van der Waals surface area (Å²) in [5.74, 6) is -0.184. The fourth-order valence-electron chi connectivity index (χ4n) is 1.78. The molecular weight excluding hydrogens is 204 g/mol. The summed E-state index contributed by atoms with van der Waals surface area (Å²) in [6.07, 6.45) is 5.45. The van der Waals surface area contributed by atoms with Crippen LogP contribution >= 0.6 is 0 Å². The first-order valence-corrected chi connectivity index (χ1v) is 5.54. The Balaban J connectivity index is 2.30. The van der Waals surface area contributed by atoms with Crippen molar-refractivity contribution in [2.75, 3.05) is 7.11 Å². The fourth-order valence-corrected chi connectivity index (χ4v) is 1.78. The molecule has 0 saturated heterocycles. The first-order chi connectivity index (χ1) is 7.40. The van der Waals surface area contributed by atoms with Crippen LogP contribution in [0.15, 0.2) is 12.4 Å². The zero-order valence-electron chi connectivity index (χ0n) is 10.3. The maximum absolute atomic E-state index is 11.7. The number of nitrogens with zero attached hydrogens (tertiary/aromatic N) is 2. The molecule has 0 unspecified atom stereocenters. The highest BCUT2D eigenvalue weighted by Gasteiger charge is 2.54. The van der Waals surface area contributed by atoms with Crippen LogP contribution in [0.25, 0.3) is 0 Å². The van der Waals surface area contributed by atoms with Gasteiger partial charge in [-0.25, -0.2) is 4.79 Å². The van der Waals surface area contributed by atoms with E-state index in [2.05, 4.69) is 25.9 Å². The normalized spacial score (nSPS) is 18.2. The Labute approximate surface area is 95.6 Å². The Hall–Kier alpha value is -1.32. The van der Waals surface area contributed by atoms with E-state index in [-0.39, 0.29) is 11.4 Å². The van der Waals surface area contributed by atoms with Crippen LogP contribution in [-0.2, 0) is 20.5 Å². The lowest BCUT2D eigenvalue weighted by atomic mass is 9.90. The lowest BCUT2D eigenvalue weighted by Crippen LogP contribution is -2.29. The van der Waals surface area contributed by atoms with E-state index in [1.54, 1.807) is 4.68 Å². The van der Waals surface area contributed by atoms with Crippen LogP contribution in [0, 0.1) is 0 Å². The minimum Gasteiger partial charge on any atom is -0.467 e. The molecule has 0 atom stereocenters. The van der Waals surface area contributed by atoms with Gasteiger partial charge in [-0.1, -0.05) is 20.8 Å². The van der Waals surface area contributed by atoms with Crippen molar-refractivity contribution in [3.63, 3.8) is 0 Å². The molecule has 0 aromatic carbocycles. The van der Waals surface area contributed by atoms with Gasteiger partial charge in [0.15, 0.2) is 5.54 Å². The Morgan fingerprint density at radius 3 is 2.50 bits per heavy atom. The molecule has 0 N–H and O–H groups in total. The van der Waals surface area contributed by atoms with Gasteiger partial charge in [0, 0.05) is 6.20 Å². The van der Waals surface area contributed by atoms with Crippen LogP contribution in [-0.4, -0.2) is 22.9 Å². The monoisotopic (exact) mass is 222 g/mol. The maximum Gasteiger partial charge on any atom is 0.333 e. The van der Waals surface area contributed by atoms with E-state index in [9.17, 15) is 4.79 Å². The van der Waals surface area contributed by atoms with Crippen molar-refractivity contribution in [2.45, 2.75) is 44.6 Å². The second-order valence-electron chi connectivity index (χ2n) is 5.45. The predicted molar refractivity (Wildman–Crippen MR) is 60.2 cm³/mol. The highest BCUT2D eigenvalue weighted by molar-refractivity contribution is 5.81. The predicted octanol–water partition coefficient (Wildman–Crippen LogP) is 1.84. The maximum atomic E-state index is 11.7. The largest absolute Gasteiger partial charge is 0.467 e. The Morgan fingerprint density at radius 1 is 1.50 bits per heavy atom. The minimum absolute atomic E-state index is 0.0600. The van der Waals surface area contributed by atoms with Gasteiger partial charge in [-0.3, -0.25) is 4.68 Å². The van der Waals surface area contributed by atoms with Crippen LogP contribution in [0.4, 0.5) is 0 Å². The summed E-state index contributed by atoms with van der Waals surface area (Å²) in [5, 5.41) is 4.30. The number of rotatable bonds is 2. The summed E-state index contributed by atoms with van der Waals surface area (Å²) < 4.78 is 6.59. The highest BCUT2D eigenvalue weighted by Crippen LogP contribution is 2.44. The number of hydrogen-bond acceptors (Lipinski definition) is 3. The van der Waals surface area contributed by atoms with Gasteiger partial charge in [-0.2, -0.15) is 5.10 Å². The van der Waals surface area contributed by atoms with Crippen LogP contribution in [0.1, 0.15) is 39.2 Å². The van der Waals surface area contributed by atoms with Crippen LogP contribution in [0.3, 0.4) is 0 Å². The molecule has 0 amide bonds. The molecule has 0 spiro atoms. The lowest BCUT2D eigenvalue weighted by Gasteiger charge is -2.16. The van der Waals surface area contributed by atoms with E-state index in [0.717, 1.165) is 18.4 Å². The molecule has 0 radical (unpaired) electrons. The molecule has 16 heavy (non-hydrogen) atoms. The second-order valence-corrected chi connectivity index (χ2v) is 5.45. The first-order valence-electron chi connectivity index (χ1n) is 5.54.